The van der Waals surface area contributed by atoms with Gasteiger partial charge in [0.1, 0.15) is 11.6 Å². The topological polar surface area (TPSA) is 85.1 Å². The maximum absolute atomic E-state index is 13.6. The molecule has 25 heavy (non-hydrogen) atoms. The third-order valence-electron chi connectivity index (χ3n) is 3.85. The Morgan fingerprint density at radius 1 is 1.44 bits per heavy atom. The van der Waals surface area contributed by atoms with E-state index in [-0.39, 0.29) is 30.5 Å². The molecule has 1 aliphatic rings. The summed E-state index contributed by atoms with van der Waals surface area (Å²) in [5, 5.41) is 0. The van der Waals surface area contributed by atoms with Gasteiger partial charge in [-0.1, -0.05) is 0 Å². The van der Waals surface area contributed by atoms with Crippen LogP contribution in [0.15, 0.2) is 18.2 Å². The molecule has 1 saturated heterocycles. The van der Waals surface area contributed by atoms with Gasteiger partial charge in [-0.15, -0.1) is 0 Å². The number of morpholine rings is 1. The highest BCUT2D eigenvalue weighted by Gasteiger charge is 2.31. The van der Waals surface area contributed by atoms with Gasteiger partial charge in [0.2, 0.25) is 0 Å². The van der Waals surface area contributed by atoms with Gasteiger partial charge in [0.05, 0.1) is 25.3 Å². The average Bonchev–Trinajstić information content (AvgIpc) is 2.61. The molecule has 1 atom stereocenters. The predicted molar refractivity (Wildman–Crippen MR) is 89.9 cm³/mol. The molecule has 2 N–H and O–H groups in total. The number of likely N-dealkylation sites (N-methyl/N-ethyl adjacent to an activating group) is 1. The van der Waals surface area contributed by atoms with Crippen LogP contribution in [0.5, 0.6) is 5.75 Å². The van der Waals surface area contributed by atoms with Crippen LogP contribution in [0.3, 0.4) is 0 Å². The predicted octanol–water partition coefficient (Wildman–Crippen LogP) is 0.483. The minimum Gasteiger partial charge on any atom is -0.493 e. The molecule has 0 radical (unpaired) electrons. The fourth-order valence-electron chi connectivity index (χ4n) is 2.50. The maximum atomic E-state index is 13.6. The van der Waals surface area contributed by atoms with Gasteiger partial charge < -0.3 is 25.0 Å². The number of ether oxygens (including phenoxy) is 2. The number of benzene rings is 1. The zero-order valence-electron chi connectivity index (χ0n) is 14.5. The summed E-state index contributed by atoms with van der Waals surface area (Å²) < 4.78 is 24.6. The Bertz CT molecular complexity index is 624. The van der Waals surface area contributed by atoms with Crippen molar-refractivity contribution in [1.29, 1.82) is 0 Å². The zero-order valence-corrected chi connectivity index (χ0v) is 14.5. The molecule has 138 valence electrons. The van der Waals surface area contributed by atoms with Gasteiger partial charge in [-0.3, -0.25) is 9.59 Å². The first-order chi connectivity index (χ1) is 11.9. The van der Waals surface area contributed by atoms with Crippen molar-refractivity contribution in [2.45, 2.75) is 12.5 Å². The van der Waals surface area contributed by atoms with Crippen molar-refractivity contribution in [3.8, 4) is 5.75 Å². The SMILES string of the molecule is CN(C)C(=O)[C@@H]1CN(C(=O)c2cc(F)ccc2OCCCN)CCO1. The Hall–Kier alpha value is -2.19. The van der Waals surface area contributed by atoms with E-state index in [4.69, 9.17) is 15.2 Å². The molecule has 7 nitrogen and oxygen atoms in total. The summed E-state index contributed by atoms with van der Waals surface area (Å²) in [6, 6.07) is 3.83. The summed E-state index contributed by atoms with van der Waals surface area (Å²) in [7, 11) is 3.25. The van der Waals surface area contributed by atoms with Crippen LogP contribution in [-0.4, -0.2) is 74.7 Å². The fraction of sp³-hybridized carbons (Fsp3) is 0.529. The summed E-state index contributed by atoms with van der Waals surface area (Å²) in [5.41, 5.74) is 5.57. The number of halogens is 1. The van der Waals surface area contributed by atoms with Crippen LogP contribution >= 0.6 is 0 Å². The summed E-state index contributed by atoms with van der Waals surface area (Å²) in [4.78, 5) is 27.8. The molecular weight excluding hydrogens is 329 g/mol. The molecule has 0 bridgehead atoms. The Kier molecular flexibility index (Phi) is 6.72. The molecule has 0 saturated carbocycles. The molecule has 1 fully saturated rings. The molecule has 2 rings (SSSR count). The highest BCUT2D eigenvalue weighted by Crippen LogP contribution is 2.23. The smallest absolute Gasteiger partial charge is 0.257 e. The molecule has 1 aromatic carbocycles. The fourth-order valence-corrected chi connectivity index (χ4v) is 2.50. The second-order valence-electron chi connectivity index (χ2n) is 5.97. The van der Waals surface area contributed by atoms with Crippen molar-refractivity contribution in [3.63, 3.8) is 0 Å². The summed E-state index contributed by atoms with van der Waals surface area (Å²) in [6.45, 7) is 1.49. The molecule has 2 amide bonds. The van der Waals surface area contributed by atoms with Gasteiger partial charge in [0.25, 0.3) is 11.8 Å². The number of hydrogen-bond acceptors (Lipinski definition) is 5. The van der Waals surface area contributed by atoms with Crippen LogP contribution in [0.25, 0.3) is 0 Å². The number of nitrogens with two attached hydrogens (primary N) is 1. The quantitative estimate of drug-likeness (QED) is 0.752. The van der Waals surface area contributed by atoms with Gasteiger partial charge in [0.15, 0.2) is 6.10 Å². The highest BCUT2D eigenvalue weighted by molar-refractivity contribution is 5.97. The van der Waals surface area contributed by atoms with Crippen molar-refractivity contribution in [2.24, 2.45) is 5.73 Å². The van der Waals surface area contributed by atoms with Crippen molar-refractivity contribution < 1.29 is 23.5 Å². The third-order valence-corrected chi connectivity index (χ3v) is 3.85. The van der Waals surface area contributed by atoms with Crippen LogP contribution in [0.1, 0.15) is 16.8 Å². The van der Waals surface area contributed by atoms with Gasteiger partial charge >= 0.3 is 0 Å². The van der Waals surface area contributed by atoms with Crippen LogP contribution in [0.2, 0.25) is 0 Å². The van der Waals surface area contributed by atoms with E-state index in [1.807, 2.05) is 0 Å². The van der Waals surface area contributed by atoms with Gasteiger partial charge in [0, 0.05) is 20.6 Å². The average molecular weight is 353 g/mol. The van der Waals surface area contributed by atoms with E-state index < -0.39 is 11.9 Å². The molecule has 1 heterocycles. The Morgan fingerprint density at radius 3 is 2.88 bits per heavy atom. The molecular formula is C17H24FN3O4. The van der Waals surface area contributed by atoms with E-state index in [1.165, 1.54) is 21.9 Å². The standard InChI is InChI=1S/C17H24FN3O4/c1-20(2)17(23)15-11-21(7-9-25-15)16(22)13-10-12(18)4-5-14(13)24-8-3-6-19/h4-5,10,15H,3,6-9,11,19H2,1-2H3/t15-/m0/s1. The van der Waals surface area contributed by atoms with Crippen LogP contribution in [-0.2, 0) is 9.53 Å². The van der Waals surface area contributed by atoms with Gasteiger partial charge in [-0.05, 0) is 31.2 Å². The maximum Gasteiger partial charge on any atom is 0.257 e. The second-order valence-corrected chi connectivity index (χ2v) is 5.97. The van der Waals surface area contributed by atoms with E-state index in [2.05, 4.69) is 0 Å². The third kappa shape index (κ3) is 4.90. The van der Waals surface area contributed by atoms with Gasteiger partial charge in [-0.25, -0.2) is 4.39 Å². The molecule has 0 unspecified atom stereocenters. The summed E-state index contributed by atoms with van der Waals surface area (Å²) in [6.07, 6.45) is -0.0926. The minimum atomic E-state index is -0.720. The highest BCUT2D eigenvalue weighted by atomic mass is 19.1. The van der Waals surface area contributed by atoms with E-state index in [9.17, 15) is 14.0 Å². The number of rotatable bonds is 6. The monoisotopic (exact) mass is 353 g/mol. The summed E-state index contributed by atoms with van der Waals surface area (Å²) >= 11 is 0. The van der Waals surface area contributed by atoms with Crippen molar-refractivity contribution in [1.82, 2.24) is 9.80 Å². The Labute approximate surface area is 146 Å². The number of hydrogen-bond donors (Lipinski definition) is 1. The van der Waals surface area contributed by atoms with Crippen LogP contribution in [0, 0.1) is 5.82 Å². The first kappa shape index (κ1) is 19.1. The number of nitrogens with zero attached hydrogens (tertiary/aromatic N) is 2. The van der Waals surface area contributed by atoms with Crippen molar-refractivity contribution >= 4 is 11.8 Å². The lowest BCUT2D eigenvalue weighted by Gasteiger charge is -2.33. The molecule has 1 aliphatic heterocycles. The number of carbonyl (C=O) groups excluding carboxylic acids is 2. The van der Waals surface area contributed by atoms with Crippen molar-refractivity contribution in [2.75, 3.05) is 46.9 Å². The first-order valence-corrected chi connectivity index (χ1v) is 8.18. The van der Waals surface area contributed by atoms with E-state index in [1.54, 1.807) is 14.1 Å². The van der Waals surface area contributed by atoms with Crippen LogP contribution in [0.4, 0.5) is 4.39 Å². The Morgan fingerprint density at radius 2 is 2.20 bits per heavy atom. The number of amides is 2. The second kappa shape index (κ2) is 8.77. The van der Waals surface area contributed by atoms with Crippen LogP contribution < -0.4 is 10.5 Å². The largest absolute Gasteiger partial charge is 0.493 e. The number of carbonyl (C=O) groups is 2. The zero-order chi connectivity index (χ0) is 18.4. The lowest BCUT2D eigenvalue weighted by molar-refractivity contribution is -0.145. The molecule has 1 aromatic rings. The minimum absolute atomic E-state index is 0.120. The lowest BCUT2D eigenvalue weighted by Crippen LogP contribution is -2.51. The van der Waals surface area contributed by atoms with E-state index in [0.717, 1.165) is 6.07 Å². The molecule has 0 spiro atoms. The van der Waals surface area contributed by atoms with Crippen molar-refractivity contribution in [3.05, 3.63) is 29.6 Å². The lowest BCUT2D eigenvalue weighted by atomic mass is 10.1. The van der Waals surface area contributed by atoms with E-state index >= 15 is 0 Å². The molecule has 8 heteroatoms. The van der Waals surface area contributed by atoms with E-state index in [0.29, 0.717) is 31.9 Å². The normalized spacial score (nSPS) is 17.3. The summed E-state index contributed by atoms with van der Waals surface area (Å²) in [5.74, 6) is -0.816. The first-order valence-electron chi connectivity index (χ1n) is 8.18. The van der Waals surface area contributed by atoms with Gasteiger partial charge in [-0.2, -0.15) is 0 Å². The molecule has 0 aromatic heterocycles. The Balaban J connectivity index is 2.15. The molecule has 0 aliphatic carbocycles.